The Morgan fingerprint density at radius 1 is 1.26 bits per heavy atom. The lowest BCUT2D eigenvalue weighted by molar-refractivity contribution is -0.137. The van der Waals surface area contributed by atoms with Crippen LogP contribution in [0.15, 0.2) is 29.1 Å². The van der Waals surface area contributed by atoms with Gasteiger partial charge in [0.1, 0.15) is 5.56 Å². The van der Waals surface area contributed by atoms with Gasteiger partial charge in [-0.15, -0.1) is 0 Å². The van der Waals surface area contributed by atoms with E-state index in [2.05, 4.69) is 0 Å². The molecular formula is C11H9F3N2O3. The van der Waals surface area contributed by atoms with E-state index >= 15 is 0 Å². The molecule has 19 heavy (non-hydrogen) atoms. The third kappa shape index (κ3) is 2.22. The SMILES string of the molecule is O=c1[nH]n(-c2ccccc2C(F)(F)F)c(O)c1CO. The predicted octanol–water partition coefficient (Wildman–Crippen LogP) is 1.38. The zero-order chi connectivity index (χ0) is 14.2. The highest BCUT2D eigenvalue weighted by molar-refractivity contribution is 5.45. The molecule has 0 fully saturated rings. The van der Waals surface area contributed by atoms with Crippen molar-refractivity contribution < 1.29 is 23.4 Å². The van der Waals surface area contributed by atoms with Gasteiger partial charge in [0.05, 0.1) is 17.9 Å². The van der Waals surface area contributed by atoms with Crippen molar-refractivity contribution in [2.45, 2.75) is 12.8 Å². The Labute approximate surface area is 104 Å². The molecular weight excluding hydrogens is 265 g/mol. The molecule has 0 spiro atoms. The fourth-order valence-electron chi connectivity index (χ4n) is 1.68. The smallest absolute Gasteiger partial charge is 0.418 e. The number of benzene rings is 1. The minimum atomic E-state index is -4.64. The number of aromatic amines is 1. The second-order valence-electron chi connectivity index (χ2n) is 3.75. The Morgan fingerprint density at radius 2 is 1.89 bits per heavy atom. The molecule has 0 unspecified atom stereocenters. The number of hydrogen-bond acceptors (Lipinski definition) is 3. The van der Waals surface area contributed by atoms with Crippen molar-refractivity contribution >= 4 is 0 Å². The first kappa shape index (κ1) is 13.2. The number of rotatable bonds is 2. The van der Waals surface area contributed by atoms with Crippen LogP contribution < -0.4 is 5.56 Å². The number of alkyl halides is 3. The Balaban J connectivity index is 2.70. The van der Waals surface area contributed by atoms with Crippen LogP contribution in [0.25, 0.3) is 5.69 Å². The highest BCUT2D eigenvalue weighted by Gasteiger charge is 2.34. The van der Waals surface area contributed by atoms with E-state index in [1.54, 1.807) is 0 Å². The van der Waals surface area contributed by atoms with Gasteiger partial charge in [0.25, 0.3) is 5.56 Å². The summed E-state index contributed by atoms with van der Waals surface area (Å²) in [7, 11) is 0. The van der Waals surface area contributed by atoms with Gasteiger partial charge in [-0.25, -0.2) is 4.68 Å². The summed E-state index contributed by atoms with van der Waals surface area (Å²) in [4.78, 5) is 11.3. The second-order valence-corrected chi connectivity index (χ2v) is 3.75. The van der Waals surface area contributed by atoms with Gasteiger partial charge < -0.3 is 10.2 Å². The van der Waals surface area contributed by atoms with Gasteiger partial charge in [0.15, 0.2) is 0 Å². The summed E-state index contributed by atoms with van der Waals surface area (Å²) < 4.78 is 39.0. The zero-order valence-corrected chi connectivity index (χ0v) is 9.40. The predicted molar refractivity (Wildman–Crippen MR) is 59.0 cm³/mol. The molecule has 1 heterocycles. The number of halogens is 3. The third-order valence-electron chi connectivity index (χ3n) is 2.58. The molecule has 0 radical (unpaired) electrons. The van der Waals surface area contributed by atoms with E-state index in [1.807, 2.05) is 5.10 Å². The van der Waals surface area contributed by atoms with Crippen LogP contribution in [0.1, 0.15) is 11.1 Å². The average molecular weight is 274 g/mol. The van der Waals surface area contributed by atoms with Crippen molar-refractivity contribution in [2.75, 3.05) is 0 Å². The van der Waals surface area contributed by atoms with E-state index in [0.29, 0.717) is 4.68 Å². The molecule has 0 aliphatic heterocycles. The summed E-state index contributed by atoms with van der Waals surface area (Å²) in [5.41, 5.74) is -2.68. The maximum Gasteiger partial charge on any atom is 0.418 e. The third-order valence-corrected chi connectivity index (χ3v) is 2.58. The molecule has 0 bridgehead atoms. The molecule has 0 amide bonds. The summed E-state index contributed by atoms with van der Waals surface area (Å²) >= 11 is 0. The first-order chi connectivity index (χ1) is 8.86. The Morgan fingerprint density at radius 3 is 2.42 bits per heavy atom. The van der Waals surface area contributed by atoms with Crippen LogP contribution in [-0.2, 0) is 12.8 Å². The van der Waals surface area contributed by atoms with Crippen LogP contribution in [0, 0.1) is 0 Å². The van der Waals surface area contributed by atoms with Gasteiger partial charge in [0, 0.05) is 0 Å². The number of hydrogen-bond donors (Lipinski definition) is 3. The van der Waals surface area contributed by atoms with Gasteiger partial charge >= 0.3 is 6.18 Å². The molecule has 3 N–H and O–H groups in total. The largest absolute Gasteiger partial charge is 0.493 e. The van der Waals surface area contributed by atoms with Crippen LogP contribution in [0.2, 0.25) is 0 Å². The molecule has 0 atom stereocenters. The normalized spacial score (nSPS) is 11.8. The summed E-state index contributed by atoms with van der Waals surface area (Å²) in [5.74, 6) is -0.746. The van der Waals surface area contributed by atoms with Crippen molar-refractivity contribution in [3.8, 4) is 11.6 Å². The molecule has 8 heteroatoms. The maximum absolute atomic E-state index is 12.8. The molecule has 0 aliphatic carbocycles. The summed E-state index contributed by atoms with van der Waals surface area (Å²) in [6.45, 7) is -0.775. The zero-order valence-electron chi connectivity index (χ0n) is 9.40. The summed E-state index contributed by atoms with van der Waals surface area (Å²) in [6.07, 6.45) is -4.64. The Bertz CT molecular complexity index is 658. The average Bonchev–Trinajstić information content (AvgIpc) is 2.63. The van der Waals surface area contributed by atoms with Gasteiger partial charge in [0.2, 0.25) is 5.88 Å². The number of H-pyrrole nitrogens is 1. The fourth-order valence-corrected chi connectivity index (χ4v) is 1.68. The van der Waals surface area contributed by atoms with Gasteiger partial charge in [-0.3, -0.25) is 9.89 Å². The van der Waals surface area contributed by atoms with Crippen molar-refractivity contribution in [3.63, 3.8) is 0 Å². The lowest BCUT2D eigenvalue weighted by Gasteiger charge is -2.13. The van der Waals surface area contributed by atoms with Gasteiger partial charge in [-0.05, 0) is 12.1 Å². The van der Waals surface area contributed by atoms with Gasteiger partial charge in [-0.1, -0.05) is 12.1 Å². The standard InChI is InChI=1S/C11H9F3N2O3/c12-11(13,14)7-3-1-2-4-8(7)16-10(19)6(5-17)9(18)15-16/h1-4,17,19H,5H2,(H,15,18). The Kier molecular flexibility index (Phi) is 3.11. The Hall–Kier alpha value is -2.22. The molecule has 0 saturated heterocycles. The molecule has 5 nitrogen and oxygen atoms in total. The van der Waals surface area contributed by atoms with Crippen LogP contribution in [0.3, 0.4) is 0 Å². The van der Waals surface area contributed by atoms with E-state index in [0.717, 1.165) is 12.1 Å². The molecule has 1 aromatic heterocycles. The molecule has 1 aromatic carbocycles. The molecule has 102 valence electrons. The highest BCUT2D eigenvalue weighted by atomic mass is 19.4. The quantitative estimate of drug-likeness (QED) is 0.774. The van der Waals surface area contributed by atoms with E-state index in [1.165, 1.54) is 12.1 Å². The molecule has 0 saturated carbocycles. The summed E-state index contributed by atoms with van der Waals surface area (Å²) in [5, 5.41) is 20.6. The van der Waals surface area contributed by atoms with Gasteiger partial charge in [-0.2, -0.15) is 13.2 Å². The van der Waals surface area contributed by atoms with Crippen molar-refractivity contribution in [1.82, 2.24) is 9.78 Å². The minimum absolute atomic E-state index is 0.392. The van der Waals surface area contributed by atoms with Crippen LogP contribution in [-0.4, -0.2) is 20.0 Å². The van der Waals surface area contributed by atoms with E-state index in [4.69, 9.17) is 5.11 Å². The number of para-hydroxylation sites is 1. The van der Waals surface area contributed by atoms with Crippen LogP contribution in [0.4, 0.5) is 13.2 Å². The van der Waals surface area contributed by atoms with Crippen LogP contribution in [0.5, 0.6) is 5.88 Å². The second kappa shape index (κ2) is 4.47. The first-order valence-corrected chi connectivity index (χ1v) is 5.16. The maximum atomic E-state index is 12.8. The van der Waals surface area contributed by atoms with Crippen molar-refractivity contribution in [1.29, 1.82) is 0 Å². The lowest BCUT2D eigenvalue weighted by atomic mass is 10.1. The number of aromatic hydroxyl groups is 1. The molecule has 2 rings (SSSR count). The minimum Gasteiger partial charge on any atom is -0.493 e. The number of nitrogens with zero attached hydrogens (tertiary/aromatic N) is 1. The van der Waals surface area contributed by atoms with E-state index < -0.39 is 41.0 Å². The highest BCUT2D eigenvalue weighted by Crippen LogP contribution is 2.34. The number of aliphatic hydroxyl groups excluding tert-OH is 1. The molecule has 0 aliphatic rings. The first-order valence-electron chi connectivity index (χ1n) is 5.16. The topological polar surface area (TPSA) is 78.2 Å². The van der Waals surface area contributed by atoms with Crippen molar-refractivity contribution in [3.05, 3.63) is 45.7 Å². The number of aromatic nitrogens is 2. The number of nitrogens with one attached hydrogen (secondary N) is 1. The van der Waals surface area contributed by atoms with E-state index in [-0.39, 0.29) is 0 Å². The fraction of sp³-hybridized carbons (Fsp3) is 0.182. The summed E-state index contributed by atoms with van der Waals surface area (Å²) in [6, 6.07) is 4.45. The monoisotopic (exact) mass is 274 g/mol. The lowest BCUT2D eigenvalue weighted by Crippen LogP contribution is -2.12. The van der Waals surface area contributed by atoms with E-state index in [9.17, 15) is 23.1 Å². The van der Waals surface area contributed by atoms with Crippen LogP contribution >= 0.6 is 0 Å². The molecule has 2 aromatic rings. The van der Waals surface area contributed by atoms with Crippen molar-refractivity contribution in [2.24, 2.45) is 0 Å². The number of aliphatic hydroxyl groups is 1.